The van der Waals surface area contributed by atoms with Gasteiger partial charge in [0.2, 0.25) is 0 Å². The molecular formula is C19H26O4. The molecule has 0 radical (unpaired) electrons. The van der Waals surface area contributed by atoms with E-state index in [1.165, 1.54) is 7.11 Å². The zero-order valence-corrected chi connectivity index (χ0v) is 14.1. The van der Waals surface area contributed by atoms with Crippen molar-refractivity contribution in [3.63, 3.8) is 0 Å². The fraction of sp³-hybridized carbons (Fsp3) is 0.526. The Kier molecular flexibility index (Phi) is 12.4. The maximum atomic E-state index is 10.9. The van der Waals surface area contributed by atoms with Crippen molar-refractivity contribution in [2.45, 2.75) is 51.7 Å². The van der Waals surface area contributed by atoms with Crippen LogP contribution in [0.4, 0.5) is 0 Å². The summed E-state index contributed by atoms with van der Waals surface area (Å²) in [5.74, 6) is 11.3. The first-order valence-corrected chi connectivity index (χ1v) is 7.71. The van der Waals surface area contributed by atoms with Crippen LogP contribution in [0.3, 0.4) is 0 Å². The van der Waals surface area contributed by atoms with Gasteiger partial charge in [-0.1, -0.05) is 49.8 Å². The average Bonchev–Trinajstić information content (AvgIpc) is 2.50. The van der Waals surface area contributed by atoms with E-state index in [-0.39, 0.29) is 12.4 Å². The largest absolute Gasteiger partial charge is 0.469 e. The lowest BCUT2D eigenvalue weighted by atomic mass is 10.1. The summed E-state index contributed by atoms with van der Waals surface area (Å²) in [4.78, 5) is 10.9. The molecule has 0 saturated carbocycles. The summed E-state index contributed by atoms with van der Waals surface area (Å²) in [7, 11) is 1.34. The molecule has 0 fully saturated rings. The molecule has 0 spiro atoms. The van der Waals surface area contributed by atoms with Crippen LogP contribution in [-0.4, -0.2) is 35.5 Å². The maximum Gasteiger partial charge on any atom is 0.305 e. The Morgan fingerprint density at radius 2 is 1.96 bits per heavy atom. The number of rotatable bonds is 7. The first-order valence-electron chi connectivity index (χ1n) is 7.71. The highest BCUT2D eigenvalue weighted by molar-refractivity contribution is 5.68. The predicted molar refractivity (Wildman–Crippen MR) is 91.2 cm³/mol. The molecule has 0 amide bonds. The number of esters is 1. The maximum absolute atomic E-state index is 10.9. The number of hydrogen-bond donors (Lipinski definition) is 2. The molecular weight excluding hydrogens is 292 g/mol. The van der Waals surface area contributed by atoms with Crippen LogP contribution in [0.1, 0.15) is 39.5 Å². The molecule has 0 aromatic carbocycles. The molecule has 0 aliphatic heterocycles. The first-order chi connectivity index (χ1) is 11.0. The predicted octanol–water partition coefficient (Wildman–Crippen LogP) is 2.22. The fourth-order valence-electron chi connectivity index (χ4n) is 1.49. The van der Waals surface area contributed by atoms with Crippen molar-refractivity contribution >= 4 is 5.97 Å². The number of allylic oxidation sites excluding steroid dienone is 3. The van der Waals surface area contributed by atoms with Crippen LogP contribution in [-0.2, 0) is 9.53 Å². The van der Waals surface area contributed by atoms with E-state index in [2.05, 4.69) is 28.4 Å². The summed E-state index contributed by atoms with van der Waals surface area (Å²) >= 11 is 0. The van der Waals surface area contributed by atoms with E-state index in [1.54, 1.807) is 24.3 Å². The third-order valence-corrected chi connectivity index (χ3v) is 2.66. The number of hydrogen-bond acceptors (Lipinski definition) is 4. The van der Waals surface area contributed by atoms with Crippen molar-refractivity contribution in [3.05, 3.63) is 24.3 Å². The van der Waals surface area contributed by atoms with Crippen LogP contribution in [0, 0.1) is 29.6 Å². The van der Waals surface area contributed by atoms with E-state index in [0.29, 0.717) is 25.2 Å². The van der Waals surface area contributed by atoms with Crippen LogP contribution in [0.15, 0.2) is 24.3 Å². The second-order valence-electron chi connectivity index (χ2n) is 5.26. The van der Waals surface area contributed by atoms with Crippen LogP contribution in [0.2, 0.25) is 0 Å². The van der Waals surface area contributed by atoms with Gasteiger partial charge in [-0.15, -0.1) is 5.92 Å². The van der Waals surface area contributed by atoms with Gasteiger partial charge in [-0.3, -0.25) is 4.79 Å². The third kappa shape index (κ3) is 14.7. The van der Waals surface area contributed by atoms with Crippen molar-refractivity contribution in [2.24, 2.45) is 5.92 Å². The molecule has 0 rings (SSSR count). The smallest absolute Gasteiger partial charge is 0.305 e. The van der Waals surface area contributed by atoms with Gasteiger partial charge in [0.15, 0.2) is 0 Å². The van der Waals surface area contributed by atoms with Crippen molar-refractivity contribution in [2.75, 3.05) is 7.11 Å². The molecule has 0 bridgehead atoms. The van der Waals surface area contributed by atoms with E-state index < -0.39 is 12.2 Å². The summed E-state index contributed by atoms with van der Waals surface area (Å²) in [5.41, 5.74) is 0. The highest BCUT2D eigenvalue weighted by Gasteiger charge is 2.03. The Balaban J connectivity index is 3.99. The summed E-state index contributed by atoms with van der Waals surface area (Å²) in [6, 6.07) is 0. The molecule has 0 heterocycles. The van der Waals surface area contributed by atoms with Crippen LogP contribution in [0.25, 0.3) is 0 Å². The molecule has 2 N–H and O–H groups in total. The summed E-state index contributed by atoms with van der Waals surface area (Å²) in [5, 5.41) is 19.2. The van der Waals surface area contributed by atoms with Gasteiger partial charge in [0.25, 0.3) is 0 Å². The standard InChI is InChI=1S/C19H26O4/c1-16(2)10-8-13-17(20)11-6-4-5-7-12-18(21)14-9-15-19(22)23-3/h4-6,11,16-18,20-21H,9,13-15H2,1-3H3/b5-4+,11-6+/t17-,18+/m0/s1. The number of methoxy groups -OCH3 is 1. The normalized spacial score (nSPS) is 13.3. The molecule has 0 aliphatic rings. The number of carbonyl (C=O) groups excluding carboxylic acids is 1. The Hall–Kier alpha value is -2.01. The Labute approximate surface area is 139 Å². The Morgan fingerprint density at radius 3 is 2.61 bits per heavy atom. The van der Waals surface area contributed by atoms with Crippen molar-refractivity contribution < 1.29 is 19.7 Å². The molecule has 2 atom stereocenters. The van der Waals surface area contributed by atoms with Crippen LogP contribution < -0.4 is 0 Å². The molecule has 0 aliphatic carbocycles. The second-order valence-corrected chi connectivity index (χ2v) is 5.26. The molecule has 126 valence electrons. The number of aliphatic hydroxyl groups excluding tert-OH is 2. The minimum atomic E-state index is -0.759. The highest BCUT2D eigenvalue weighted by atomic mass is 16.5. The summed E-state index contributed by atoms with van der Waals surface area (Å²) in [6.07, 6.45) is 6.92. The van der Waals surface area contributed by atoms with Gasteiger partial charge in [0, 0.05) is 18.8 Å². The number of aliphatic hydroxyl groups is 2. The minimum Gasteiger partial charge on any atom is -0.469 e. The first kappa shape index (κ1) is 21.0. The molecule has 0 saturated heterocycles. The van der Waals surface area contributed by atoms with Crippen LogP contribution in [0.5, 0.6) is 0 Å². The van der Waals surface area contributed by atoms with Gasteiger partial charge in [0.1, 0.15) is 6.10 Å². The fourth-order valence-corrected chi connectivity index (χ4v) is 1.49. The van der Waals surface area contributed by atoms with Crippen molar-refractivity contribution in [1.82, 2.24) is 0 Å². The van der Waals surface area contributed by atoms with E-state index in [4.69, 9.17) is 0 Å². The Morgan fingerprint density at radius 1 is 1.22 bits per heavy atom. The minimum absolute atomic E-state index is 0.283. The SMILES string of the molecule is COC(=O)CCC[C@H](O)C#C/C=C/C=C/[C@H](O)CC#CC(C)C. The van der Waals surface area contributed by atoms with E-state index in [9.17, 15) is 15.0 Å². The van der Waals surface area contributed by atoms with Crippen molar-refractivity contribution in [3.8, 4) is 23.7 Å². The van der Waals surface area contributed by atoms with Gasteiger partial charge in [-0.2, -0.15) is 0 Å². The topological polar surface area (TPSA) is 66.8 Å². The van der Waals surface area contributed by atoms with Crippen molar-refractivity contribution in [1.29, 1.82) is 0 Å². The van der Waals surface area contributed by atoms with Gasteiger partial charge in [-0.05, 0) is 18.9 Å². The van der Waals surface area contributed by atoms with E-state index in [1.807, 2.05) is 13.8 Å². The molecule has 0 unspecified atom stereocenters. The Bertz CT molecular complexity index is 509. The third-order valence-electron chi connectivity index (χ3n) is 2.66. The molecule has 0 aromatic rings. The second kappa shape index (κ2) is 13.6. The molecule has 23 heavy (non-hydrogen) atoms. The van der Waals surface area contributed by atoms with Crippen LogP contribution >= 0.6 is 0 Å². The molecule has 4 nitrogen and oxygen atoms in total. The highest BCUT2D eigenvalue weighted by Crippen LogP contribution is 2.01. The quantitative estimate of drug-likeness (QED) is 0.429. The van der Waals surface area contributed by atoms with Gasteiger partial charge >= 0.3 is 5.97 Å². The lowest BCUT2D eigenvalue weighted by Crippen LogP contribution is -2.05. The van der Waals surface area contributed by atoms with Gasteiger partial charge < -0.3 is 14.9 Å². The monoisotopic (exact) mass is 318 g/mol. The summed E-state index contributed by atoms with van der Waals surface area (Å²) in [6.45, 7) is 4.00. The molecule has 0 aromatic heterocycles. The van der Waals surface area contributed by atoms with Gasteiger partial charge in [0.05, 0.1) is 13.2 Å². The number of ether oxygens (including phenoxy) is 1. The zero-order valence-electron chi connectivity index (χ0n) is 14.1. The lowest BCUT2D eigenvalue weighted by molar-refractivity contribution is -0.140. The molecule has 4 heteroatoms. The zero-order chi connectivity index (χ0) is 17.5. The summed E-state index contributed by atoms with van der Waals surface area (Å²) < 4.78 is 4.51. The lowest BCUT2D eigenvalue weighted by Gasteiger charge is -2.01. The van der Waals surface area contributed by atoms with Gasteiger partial charge in [-0.25, -0.2) is 0 Å². The number of carbonyl (C=O) groups is 1. The van der Waals surface area contributed by atoms with E-state index >= 15 is 0 Å². The van der Waals surface area contributed by atoms with E-state index in [0.717, 1.165) is 0 Å². The average molecular weight is 318 g/mol.